The van der Waals surface area contributed by atoms with Crippen LogP contribution in [0, 0.1) is 5.82 Å². The monoisotopic (exact) mass is 291 g/mol. The Bertz CT molecular complexity index is 411. The van der Waals surface area contributed by atoms with E-state index >= 15 is 0 Å². The Labute approximate surface area is 100 Å². The number of carboxylic acids is 1. The van der Waals surface area contributed by atoms with Gasteiger partial charge in [-0.3, -0.25) is 4.79 Å². The summed E-state index contributed by atoms with van der Waals surface area (Å²) in [6.07, 6.45) is 0. The predicted octanol–water partition coefficient (Wildman–Crippen LogP) is 1.72. The number of nitrogens with two attached hydrogens (primary N) is 1. The summed E-state index contributed by atoms with van der Waals surface area (Å²) in [5, 5.41) is 8.88. The molecular formula is C10H11BrFNO3. The highest BCUT2D eigenvalue weighted by Gasteiger charge is 2.23. The highest BCUT2D eigenvalue weighted by molar-refractivity contribution is 9.10. The molecule has 0 spiro atoms. The maximum atomic E-state index is 13.6. The highest BCUT2D eigenvalue weighted by Crippen LogP contribution is 2.31. The zero-order valence-electron chi connectivity index (χ0n) is 8.54. The number of halogens is 2. The van der Waals surface area contributed by atoms with Gasteiger partial charge in [0.25, 0.3) is 0 Å². The third-order valence-electron chi connectivity index (χ3n) is 2.18. The molecule has 0 amide bonds. The van der Waals surface area contributed by atoms with Crippen LogP contribution in [0.1, 0.15) is 11.5 Å². The van der Waals surface area contributed by atoms with Gasteiger partial charge in [-0.1, -0.05) is 0 Å². The lowest BCUT2D eigenvalue weighted by Crippen LogP contribution is -2.22. The standard InChI is InChI=1S/C10H11BrFNO3/c1-16-9-3-8(12)5(2-7(9)11)6(4-13)10(14)15/h2-3,6H,4,13H2,1H3,(H,14,15). The molecule has 6 heteroatoms. The van der Waals surface area contributed by atoms with E-state index in [0.29, 0.717) is 10.2 Å². The van der Waals surface area contributed by atoms with Crippen LogP contribution in [0.4, 0.5) is 4.39 Å². The maximum Gasteiger partial charge on any atom is 0.312 e. The molecule has 0 radical (unpaired) electrons. The van der Waals surface area contributed by atoms with Gasteiger partial charge in [0.15, 0.2) is 0 Å². The van der Waals surface area contributed by atoms with Crippen molar-refractivity contribution in [2.75, 3.05) is 13.7 Å². The smallest absolute Gasteiger partial charge is 0.312 e. The van der Waals surface area contributed by atoms with Crippen LogP contribution in [-0.2, 0) is 4.79 Å². The Hall–Kier alpha value is -1.14. The minimum absolute atomic E-state index is 0.0441. The van der Waals surface area contributed by atoms with Crippen LogP contribution in [0.25, 0.3) is 0 Å². The van der Waals surface area contributed by atoms with Gasteiger partial charge in [-0.15, -0.1) is 0 Å². The first kappa shape index (κ1) is 12.9. The zero-order valence-corrected chi connectivity index (χ0v) is 10.1. The van der Waals surface area contributed by atoms with Crippen LogP contribution in [0.3, 0.4) is 0 Å². The average molecular weight is 292 g/mol. The summed E-state index contributed by atoms with van der Waals surface area (Å²) in [5.41, 5.74) is 5.35. The summed E-state index contributed by atoms with van der Waals surface area (Å²) in [4.78, 5) is 10.9. The molecule has 1 aromatic rings. The molecule has 0 heterocycles. The molecule has 0 saturated carbocycles. The fourth-order valence-electron chi connectivity index (χ4n) is 1.33. The first-order valence-electron chi connectivity index (χ1n) is 4.47. The molecule has 1 unspecified atom stereocenters. The second-order valence-electron chi connectivity index (χ2n) is 3.13. The Morgan fingerprint density at radius 1 is 1.69 bits per heavy atom. The van der Waals surface area contributed by atoms with Crippen molar-refractivity contribution in [1.29, 1.82) is 0 Å². The minimum atomic E-state index is -1.15. The van der Waals surface area contributed by atoms with Gasteiger partial charge in [-0.25, -0.2) is 4.39 Å². The van der Waals surface area contributed by atoms with Crippen molar-refractivity contribution in [1.82, 2.24) is 0 Å². The van der Waals surface area contributed by atoms with Crippen molar-refractivity contribution in [3.8, 4) is 5.75 Å². The summed E-state index contributed by atoms with van der Waals surface area (Å²) >= 11 is 3.16. The van der Waals surface area contributed by atoms with Gasteiger partial charge in [0.05, 0.1) is 17.5 Å². The molecule has 0 aliphatic heterocycles. The molecular weight excluding hydrogens is 281 g/mol. The molecule has 88 valence electrons. The number of hydrogen-bond donors (Lipinski definition) is 2. The summed E-state index contributed by atoms with van der Waals surface area (Å²) in [6, 6.07) is 2.50. The number of aliphatic carboxylic acids is 1. The second-order valence-corrected chi connectivity index (χ2v) is 3.99. The van der Waals surface area contributed by atoms with Crippen molar-refractivity contribution in [3.05, 3.63) is 28.0 Å². The van der Waals surface area contributed by atoms with Gasteiger partial charge in [0, 0.05) is 18.2 Å². The van der Waals surface area contributed by atoms with Crippen LogP contribution in [0.5, 0.6) is 5.75 Å². The van der Waals surface area contributed by atoms with Gasteiger partial charge >= 0.3 is 5.97 Å². The van der Waals surface area contributed by atoms with E-state index in [9.17, 15) is 9.18 Å². The van der Waals surface area contributed by atoms with Gasteiger partial charge in [-0.05, 0) is 22.0 Å². The summed E-state index contributed by atoms with van der Waals surface area (Å²) < 4.78 is 19.0. The molecule has 16 heavy (non-hydrogen) atoms. The Kier molecular flexibility index (Phi) is 4.26. The fourth-order valence-corrected chi connectivity index (χ4v) is 1.85. The van der Waals surface area contributed by atoms with Crippen molar-refractivity contribution < 1.29 is 19.0 Å². The molecule has 0 aliphatic carbocycles. The Morgan fingerprint density at radius 2 is 2.31 bits per heavy atom. The van der Waals surface area contributed by atoms with Crippen molar-refractivity contribution in [2.45, 2.75) is 5.92 Å². The van der Waals surface area contributed by atoms with Gasteiger partial charge < -0.3 is 15.6 Å². The second kappa shape index (κ2) is 5.27. The molecule has 1 aromatic carbocycles. The fraction of sp³-hybridized carbons (Fsp3) is 0.300. The van der Waals surface area contributed by atoms with Gasteiger partial charge in [0.1, 0.15) is 11.6 Å². The quantitative estimate of drug-likeness (QED) is 0.886. The van der Waals surface area contributed by atoms with Crippen LogP contribution in [0.2, 0.25) is 0 Å². The largest absolute Gasteiger partial charge is 0.495 e. The lowest BCUT2D eigenvalue weighted by atomic mass is 9.99. The van der Waals surface area contributed by atoms with Crippen molar-refractivity contribution in [3.63, 3.8) is 0 Å². The number of carbonyl (C=O) groups is 1. The third kappa shape index (κ3) is 2.51. The average Bonchev–Trinajstić information content (AvgIpc) is 2.23. The lowest BCUT2D eigenvalue weighted by molar-refractivity contribution is -0.138. The van der Waals surface area contributed by atoms with E-state index in [4.69, 9.17) is 15.6 Å². The molecule has 0 bridgehead atoms. The number of carboxylic acid groups (broad SMARTS) is 1. The number of ether oxygens (including phenoxy) is 1. The van der Waals surface area contributed by atoms with Crippen LogP contribution < -0.4 is 10.5 Å². The highest BCUT2D eigenvalue weighted by atomic mass is 79.9. The maximum absolute atomic E-state index is 13.6. The molecule has 4 nitrogen and oxygen atoms in total. The predicted molar refractivity (Wildman–Crippen MR) is 60.1 cm³/mol. The number of benzene rings is 1. The SMILES string of the molecule is COc1cc(F)c(C(CN)C(=O)O)cc1Br. The molecule has 0 aromatic heterocycles. The van der Waals surface area contributed by atoms with E-state index < -0.39 is 17.7 Å². The number of rotatable bonds is 4. The first-order chi connectivity index (χ1) is 7.51. The topological polar surface area (TPSA) is 72.5 Å². The normalized spacial score (nSPS) is 12.2. The number of methoxy groups -OCH3 is 1. The zero-order chi connectivity index (χ0) is 12.3. The summed E-state index contributed by atoms with van der Waals surface area (Å²) in [7, 11) is 1.40. The molecule has 3 N–H and O–H groups in total. The minimum Gasteiger partial charge on any atom is -0.495 e. The van der Waals surface area contributed by atoms with E-state index in [0.717, 1.165) is 6.07 Å². The molecule has 0 fully saturated rings. The van der Waals surface area contributed by atoms with Crippen LogP contribution in [0.15, 0.2) is 16.6 Å². The molecule has 0 saturated heterocycles. The van der Waals surface area contributed by atoms with E-state index in [1.165, 1.54) is 13.2 Å². The molecule has 1 atom stereocenters. The summed E-state index contributed by atoms with van der Waals surface area (Å²) in [6.45, 7) is -0.162. The van der Waals surface area contributed by atoms with Crippen molar-refractivity contribution >= 4 is 21.9 Å². The summed E-state index contributed by atoms with van der Waals surface area (Å²) in [5.74, 6) is -2.54. The third-order valence-corrected chi connectivity index (χ3v) is 2.80. The van der Waals surface area contributed by atoms with E-state index in [2.05, 4.69) is 15.9 Å². The van der Waals surface area contributed by atoms with Crippen LogP contribution >= 0.6 is 15.9 Å². The molecule has 1 rings (SSSR count). The lowest BCUT2D eigenvalue weighted by Gasteiger charge is -2.13. The Balaban J connectivity index is 3.24. The van der Waals surface area contributed by atoms with E-state index in [-0.39, 0.29) is 12.1 Å². The van der Waals surface area contributed by atoms with E-state index in [1.807, 2.05) is 0 Å². The van der Waals surface area contributed by atoms with Gasteiger partial charge in [0.2, 0.25) is 0 Å². The number of hydrogen-bond acceptors (Lipinski definition) is 3. The first-order valence-corrected chi connectivity index (χ1v) is 5.26. The van der Waals surface area contributed by atoms with Crippen molar-refractivity contribution in [2.24, 2.45) is 5.73 Å². The van der Waals surface area contributed by atoms with E-state index in [1.54, 1.807) is 0 Å². The molecule has 0 aliphatic rings. The Morgan fingerprint density at radius 3 is 2.75 bits per heavy atom. The van der Waals surface area contributed by atoms with Crippen LogP contribution in [-0.4, -0.2) is 24.7 Å². The van der Waals surface area contributed by atoms with Gasteiger partial charge in [-0.2, -0.15) is 0 Å².